The molecule has 21 heavy (non-hydrogen) atoms. The van der Waals surface area contributed by atoms with Crippen LogP contribution in [0.25, 0.3) is 0 Å². The lowest BCUT2D eigenvalue weighted by molar-refractivity contribution is 0.0715. The van der Waals surface area contributed by atoms with Crippen molar-refractivity contribution in [3.63, 3.8) is 0 Å². The number of piperidine rings is 1. The second kappa shape index (κ2) is 6.27. The molecular formula is C18H28N2O. The molecule has 3 rings (SSSR count). The van der Waals surface area contributed by atoms with Crippen LogP contribution in [0.2, 0.25) is 0 Å². The molecule has 3 heteroatoms. The van der Waals surface area contributed by atoms with E-state index in [-0.39, 0.29) is 0 Å². The summed E-state index contributed by atoms with van der Waals surface area (Å²) in [6.45, 7) is 10.2. The van der Waals surface area contributed by atoms with Crippen LogP contribution in [0.3, 0.4) is 0 Å². The molecule has 1 fully saturated rings. The van der Waals surface area contributed by atoms with Crippen LogP contribution in [0.15, 0.2) is 18.2 Å². The fourth-order valence-electron chi connectivity index (χ4n) is 3.35. The molecule has 0 aliphatic carbocycles. The summed E-state index contributed by atoms with van der Waals surface area (Å²) in [4.78, 5) is 2.53. The Kier molecular flexibility index (Phi) is 4.39. The first-order valence-electron chi connectivity index (χ1n) is 8.40. The van der Waals surface area contributed by atoms with Crippen LogP contribution < -0.4 is 10.1 Å². The summed E-state index contributed by atoms with van der Waals surface area (Å²) in [5, 5.41) is 3.45. The Morgan fingerprint density at radius 2 is 2.10 bits per heavy atom. The van der Waals surface area contributed by atoms with Crippen molar-refractivity contribution in [3.05, 3.63) is 23.8 Å². The van der Waals surface area contributed by atoms with Gasteiger partial charge in [0.2, 0.25) is 0 Å². The highest BCUT2D eigenvalue weighted by atomic mass is 16.5. The predicted octanol–water partition coefficient (Wildman–Crippen LogP) is 3.55. The molecule has 116 valence electrons. The van der Waals surface area contributed by atoms with Gasteiger partial charge in [0.15, 0.2) is 0 Å². The molecule has 0 aromatic heterocycles. The van der Waals surface area contributed by atoms with E-state index in [0.717, 1.165) is 18.9 Å². The number of likely N-dealkylation sites (tertiary alicyclic amines) is 1. The quantitative estimate of drug-likeness (QED) is 0.917. The zero-order valence-electron chi connectivity index (χ0n) is 13.5. The van der Waals surface area contributed by atoms with Crippen LogP contribution >= 0.6 is 0 Å². The van der Waals surface area contributed by atoms with Crippen LogP contribution in [0.4, 0.5) is 5.69 Å². The third kappa shape index (κ3) is 3.52. The highest BCUT2D eigenvalue weighted by Crippen LogP contribution is 2.33. The topological polar surface area (TPSA) is 24.5 Å². The van der Waals surface area contributed by atoms with E-state index in [0.29, 0.717) is 5.41 Å². The number of nitrogens with zero attached hydrogens (tertiary/aromatic N) is 1. The number of aryl methyl sites for hydroxylation is 1. The Morgan fingerprint density at radius 1 is 1.29 bits per heavy atom. The number of hydrogen-bond donors (Lipinski definition) is 1. The summed E-state index contributed by atoms with van der Waals surface area (Å²) in [7, 11) is 0. The summed E-state index contributed by atoms with van der Waals surface area (Å²) in [6.07, 6.45) is 4.88. The fraction of sp³-hybridized carbons (Fsp3) is 0.667. The number of nitrogens with one attached hydrogen (secondary N) is 1. The maximum atomic E-state index is 6.14. The second-order valence-electron chi connectivity index (χ2n) is 6.88. The average Bonchev–Trinajstić information content (AvgIpc) is 2.54. The van der Waals surface area contributed by atoms with Crippen molar-refractivity contribution in [2.75, 3.05) is 38.1 Å². The minimum Gasteiger partial charge on any atom is -0.493 e. The summed E-state index contributed by atoms with van der Waals surface area (Å²) in [5.74, 6) is 1.04. The molecule has 1 saturated heterocycles. The van der Waals surface area contributed by atoms with Gasteiger partial charge in [0.25, 0.3) is 0 Å². The maximum Gasteiger partial charge on any atom is 0.119 e. The molecule has 0 amide bonds. The third-order valence-corrected chi connectivity index (χ3v) is 5.11. The first kappa shape index (κ1) is 14.7. The van der Waals surface area contributed by atoms with E-state index >= 15 is 0 Å². The van der Waals surface area contributed by atoms with E-state index in [2.05, 4.69) is 42.3 Å². The van der Waals surface area contributed by atoms with Gasteiger partial charge in [-0.05, 0) is 69.1 Å². The Bertz CT molecular complexity index is 478. The Hall–Kier alpha value is -1.22. The zero-order chi connectivity index (χ0) is 14.7. The summed E-state index contributed by atoms with van der Waals surface area (Å²) < 4.78 is 6.14. The molecule has 0 unspecified atom stereocenters. The van der Waals surface area contributed by atoms with Crippen LogP contribution in [0.5, 0.6) is 5.75 Å². The van der Waals surface area contributed by atoms with E-state index in [4.69, 9.17) is 4.74 Å². The molecule has 0 atom stereocenters. The molecule has 1 aromatic rings. The van der Waals surface area contributed by atoms with Gasteiger partial charge in [-0.2, -0.15) is 0 Å². The van der Waals surface area contributed by atoms with Crippen molar-refractivity contribution in [2.45, 2.75) is 39.5 Å². The first-order valence-corrected chi connectivity index (χ1v) is 8.40. The smallest absolute Gasteiger partial charge is 0.119 e. The van der Waals surface area contributed by atoms with Crippen molar-refractivity contribution in [1.29, 1.82) is 0 Å². The van der Waals surface area contributed by atoms with Gasteiger partial charge in [0, 0.05) is 17.6 Å². The maximum absolute atomic E-state index is 6.14. The van der Waals surface area contributed by atoms with E-state index in [9.17, 15) is 0 Å². The van der Waals surface area contributed by atoms with Gasteiger partial charge in [-0.25, -0.2) is 0 Å². The van der Waals surface area contributed by atoms with E-state index in [1.807, 2.05) is 0 Å². The van der Waals surface area contributed by atoms with Crippen LogP contribution in [-0.2, 0) is 6.42 Å². The van der Waals surface area contributed by atoms with Crippen LogP contribution in [0.1, 0.15) is 38.7 Å². The Balaban J connectivity index is 1.57. The lowest BCUT2D eigenvalue weighted by Gasteiger charge is -2.38. The molecule has 2 aliphatic heterocycles. The molecular weight excluding hydrogens is 260 g/mol. The molecule has 1 N–H and O–H groups in total. The van der Waals surface area contributed by atoms with E-state index in [1.165, 1.54) is 56.6 Å². The van der Waals surface area contributed by atoms with Crippen molar-refractivity contribution in [2.24, 2.45) is 5.41 Å². The molecule has 0 radical (unpaired) electrons. The van der Waals surface area contributed by atoms with Crippen LogP contribution in [0, 0.1) is 5.41 Å². The standard InChI is InChI=1S/C18H28N2O/c1-3-20-11-8-18(2,9-12-20)14-21-16-6-7-17-15(13-16)5-4-10-19-17/h6-7,13,19H,3-5,8-12,14H2,1-2H3. The highest BCUT2D eigenvalue weighted by molar-refractivity contribution is 5.55. The van der Waals surface area contributed by atoms with Crippen molar-refractivity contribution >= 4 is 5.69 Å². The number of rotatable bonds is 4. The SMILES string of the molecule is CCN1CCC(C)(COc2ccc3c(c2)CCCN3)CC1. The molecule has 0 saturated carbocycles. The van der Waals surface area contributed by atoms with Crippen molar-refractivity contribution < 1.29 is 4.74 Å². The number of fused-ring (bicyclic) bond motifs is 1. The van der Waals surface area contributed by atoms with Gasteiger partial charge in [-0.3, -0.25) is 0 Å². The lowest BCUT2D eigenvalue weighted by Crippen LogP contribution is -2.41. The normalized spacial score (nSPS) is 21.4. The number of anilines is 1. The highest BCUT2D eigenvalue weighted by Gasteiger charge is 2.30. The summed E-state index contributed by atoms with van der Waals surface area (Å²) in [5.41, 5.74) is 3.03. The van der Waals surface area contributed by atoms with Crippen molar-refractivity contribution in [3.8, 4) is 5.75 Å². The molecule has 0 spiro atoms. The summed E-state index contributed by atoms with van der Waals surface area (Å²) in [6, 6.07) is 6.51. The Labute approximate surface area is 128 Å². The summed E-state index contributed by atoms with van der Waals surface area (Å²) >= 11 is 0. The van der Waals surface area contributed by atoms with Gasteiger partial charge >= 0.3 is 0 Å². The average molecular weight is 288 g/mol. The predicted molar refractivity (Wildman–Crippen MR) is 88.2 cm³/mol. The minimum atomic E-state index is 0.333. The second-order valence-corrected chi connectivity index (χ2v) is 6.88. The van der Waals surface area contributed by atoms with Gasteiger partial charge in [0.1, 0.15) is 5.75 Å². The molecule has 0 bridgehead atoms. The van der Waals surface area contributed by atoms with Gasteiger partial charge in [-0.15, -0.1) is 0 Å². The largest absolute Gasteiger partial charge is 0.493 e. The first-order chi connectivity index (χ1) is 10.2. The van der Waals surface area contributed by atoms with Gasteiger partial charge in [0.05, 0.1) is 6.61 Å². The van der Waals surface area contributed by atoms with E-state index < -0.39 is 0 Å². The van der Waals surface area contributed by atoms with Gasteiger partial charge < -0.3 is 15.0 Å². The Morgan fingerprint density at radius 3 is 2.86 bits per heavy atom. The molecule has 2 aliphatic rings. The van der Waals surface area contributed by atoms with Gasteiger partial charge in [-0.1, -0.05) is 13.8 Å². The minimum absolute atomic E-state index is 0.333. The monoisotopic (exact) mass is 288 g/mol. The molecule has 2 heterocycles. The number of ether oxygens (including phenoxy) is 1. The third-order valence-electron chi connectivity index (χ3n) is 5.11. The van der Waals surface area contributed by atoms with E-state index in [1.54, 1.807) is 0 Å². The zero-order valence-corrected chi connectivity index (χ0v) is 13.5. The number of hydrogen-bond acceptors (Lipinski definition) is 3. The number of benzene rings is 1. The molecule has 1 aromatic carbocycles. The molecule has 3 nitrogen and oxygen atoms in total. The van der Waals surface area contributed by atoms with Crippen molar-refractivity contribution in [1.82, 2.24) is 4.90 Å². The lowest BCUT2D eigenvalue weighted by atomic mass is 9.81. The van der Waals surface area contributed by atoms with Crippen LogP contribution in [-0.4, -0.2) is 37.7 Å². The fourth-order valence-corrected chi connectivity index (χ4v) is 3.35.